The summed E-state index contributed by atoms with van der Waals surface area (Å²) >= 11 is 0. The molecule has 0 saturated carbocycles. The third kappa shape index (κ3) is 4.80. The zero-order valence-electron chi connectivity index (χ0n) is 15.1. The lowest BCUT2D eigenvalue weighted by atomic mass is 9.98. The molecular formula is C19H26N4O2S. The lowest BCUT2D eigenvalue weighted by Crippen LogP contribution is -2.44. The van der Waals surface area contributed by atoms with Crippen LogP contribution in [0.15, 0.2) is 42.7 Å². The first kappa shape index (κ1) is 18.8. The topological polar surface area (TPSA) is 84.0 Å². The normalized spacial score (nSPS) is 17.0. The fourth-order valence-corrected chi connectivity index (χ4v) is 5.29. The molecule has 0 radical (unpaired) electrons. The van der Waals surface area contributed by atoms with Crippen LogP contribution in [-0.2, 0) is 16.3 Å². The molecule has 26 heavy (non-hydrogen) atoms. The van der Waals surface area contributed by atoms with Crippen LogP contribution in [0, 0.1) is 12.8 Å². The number of aryl methyl sites for hydroxylation is 2. The van der Waals surface area contributed by atoms with Crippen LogP contribution in [0.1, 0.15) is 24.1 Å². The van der Waals surface area contributed by atoms with Gasteiger partial charge >= 0.3 is 0 Å². The Morgan fingerprint density at radius 2 is 1.85 bits per heavy atom. The standard InChI is InChI=1S/C19H26N4O2S/c1-15-18(22-13-12-21-15)23-19(17-7-10-20-11-8-17)26(24,25)14-9-16-5-3-2-4-6-16/h2-6,12-13,17,19-20H,7-11,14H2,1H3,(H,22,23). The molecule has 1 saturated heterocycles. The lowest BCUT2D eigenvalue weighted by molar-refractivity contribution is 0.366. The molecule has 7 heteroatoms. The van der Waals surface area contributed by atoms with E-state index in [1.54, 1.807) is 12.4 Å². The van der Waals surface area contributed by atoms with E-state index in [4.69, 9.17) is 0 Å². The SMILES string of the molecule is Cc1nccnc1NC(C1CCNCC1)S(=O)(=O)CCc1ccccc1. The number of sulfone groups is 1. The fourth-order valence-electron chi connectivity index (χ4n) is 3.36. The van der Waals surface area contributed by atoms with E-state index in [-0.39, 0.29) is 11.7 Å². The van der Waals surface area contributed by atoms with Crippen LogP contribution < -0.4 is 10.6 Å². The maximum absolute atomic E-state index is 13.2. The summed E-state index contributed by atoms with van der Waals surface area (Å²) in [6.45, 7) is 3.53. The van der Waals surface area contributed by atoms with E-state index in [2.05, 4.69) is 20.6 Å². The van der Waals surface area contributed by atoms with E-state index >= 15 is 0 Å². The lowest BCUT2D eigenvalue weighted by Gasteiger charge is -2.31. The average molecular weight is 375 g/mol. The van der Waals surface area contributed by atoms with E-state index in [0.717, 1.165) is 31.5 Å². The van der Waals surface area contributed by atoms with Crippen molar-refractivity contribution >= 4 is 15.7 Å². The Bertz CT molecular complexity index is 805. The summed E-state index contributed by atoms with van der Waals surface area (Å²) < 4.78 is 26.4. The summed E-state index contributed by atoms with van der Waals surface area (Å²) in [5.41, 5.74) is 1.75. The Hall–Kier alpha value is -1.99. The van der Waals surface area contributed by atoms with Gasteiger partial charge in [-0.1, -0.05) is 30.3 Å². The maximum atomic E-state index is 13.2. The van der Waals surface area contributed by atoms with Crippen molar-refractivity contribution < 1.29 is 8.42 Å². The van der Waals surface area contributed by atoms with Crippen LogP contribution >= 0.6 is 0 Å². The van der Waals surface area contributed by atoms with Crippen LogP contribution in [0.25, 0.3) is 0 Å². The Morgan fingerprint density at radius 1 is 1.15 bits per heavy atom. The first-order valence-electron chi connectivity index (χ1n) is 9.06. The molecule has 1 aromatic carbocycles. The summed E-state index contributed by atoms with van der Waals surface area (Å²) in [5.74, 6) is 0.746. The van der Waals surface area contributed by atoms with Crippen LogP contribution in [0.5, 0.6) is 0 Å². The molecule has 2 aromatic rings. The first-order valence-corrected chi connectivity index (χ1v) is 10.8. The quantitative estimate of drug-likeness (QED) is 0.773. The molecular weight excluding hydrogens is 348 g/mol. The highest BCUT2D eigenvalue weighted by Gasteiger charge is 2.34. The Balaban J connectivity index is 1.80. The number of nitrogens with zero attached hydrogens (tertiary/aromatic N) is 2. The summed E-state index contributed by atoms with van der Waals surface area (Å²) in [5, 5.41) is 5.87. The zero-order valence-corrected chi connectivity index (χ0v) is 15.9. The summed E-state index contributed by atoms with van der Waals surface area (Å²) in [4.78, 5) is 8.51. The molecule has 0 bridgehead atoms. The smallest absolute Gasteiger partial charge is 0.171 e. The van der Waals surface area contributed by atoms with Gasteiger partial charge in [0.15, 0.2) is 9.84 Å². The van der Waals surface area contributed by atoms with Crippen molar-refractivity contribution in [3.63, 3.8) is 0 Å². The van der Waals surface area contributed by atoms with Gasteiger partial charge < -0.3 is 10.6 Å². The van der Waals surface area contributed by atoms with Crippen molar-refractivity contribution in [2.45, 2.75) is 31.6 Å². The number of hydrogen-bond donors (Lipinski definition) is 2. The zero-order chi connectivity index (χ0) is 18.4. The highest BCUT2D eigenvalue weighted by atomic mass is 32.2. The van der Waals surface area contributed by atoms with Gasteiger partial charge in [-0.15, -0.1) is 0 Å². The van der Waals surface area contributed by atoms with E-state index in [1.165, 1.54) is 0 Å². The van der Waals surface area contributed by atoms with E-state index in [0.29, 0.717) is 17.9 Å². The predicted molar refractivity (Wildman–Crippen MR) is 104 cm³/mol. The molecule has 0 aliphatic carbocycles. The number of rotatable bonds is 7. The van der Waals surface area contributed by atoms with E-state index in [1.807, 2.05) is 37.3 Å². The van der Waals surface area contributed by atoms with Gasteiger partial charge in [-0.3, -0.25) is 4.98 Å². The van der Waals surface area contributed by atoms with Gasteiger partial charge in [0, 0.05) is 12.4 Å². The van der Waals surface area contributed by atoms with Crippen molar-refractivity contribution in [1.82, 2.24) is 15.3 Å². The van der Waals surface area contributed by atoms with Crippen molar-refractivity contribution in [2.24, 2.45) is 5.92 Å². The highest BCUT2D eigenvalue weighted by Crippen LogP contribution is 2.25. The minimum absolute atomic E-state index is 0.0680. The van der Waals surface area contributed by atoms with Crippen LogP contribution in [0.4, 0.5) is 5.82 Å². The average Bonchev–Trinajstić information content (AvgIpc) is 2.67. The third-order valence-electron chi connectivity index (χ3n) is 4.88. The Morgan fingerprint density at radius 3 is 2.54 bits per heavy atom. The van der Waals surface area contributed by atoms with Gasteiger partial charge in [-0.05, 0) is 50.8 Å². The van der Waals surface area contributed by atoms with Crippen molar-refractivity contribution in [3.8, 4) is 0 Å². The second kappa shape index (κ2) is 8.60. The molecule has 3 rings (SSSR count). The molecule has 1 atom stereocenters. The molecule has 140 valence electrons. The van der Waals surface area contributed by atoms with Gasteiger partial charge in [0.25, 0.3) is 0 Å². The monoisotopic (exact) mass is 374 g/mol. The summed E-state index contributed by atoms with van der Waals surface area (Å²) in [6.07, 6.45) is 5.39. The number of hydrogen-bond acceptors (Lipinski definition) is 6. The Kier molecular flexibility index (Phi) is 6.21. The van der Waals surface area contributed by atoms with Gasteiger partial charge in [0.2, 0.25) is 0 Å². The van der Waals surface area contributed by atoms with Crippen LogP contribution in [0.2, 0.25) is 0 Å². The number of nitrogens with one attached hydrogen (secondary N) is 2. The minimum atomic E-state index is -3.34. The second-order valence-electron chi connectivity index (χ2n) is 6.75. The van der Waals surface area contributed by atoms with Gasteiger partial charge in [0.1, 0.15) is 11.2 Å². The molecule has 2 heterocycles. The molecule has 1 aliphatic heterocycles. The number of piperidine rings is 1. The van der Waals surface area contributed by atoms with Crippen LogP contribution in [0.3, 0.4) is 0 Å². The Labute approximate surface area is 155 Å². The minimum Gasteiger partial charge on any atom is -0.352 e. The molecule has 1 unspecified atom stereocenters. The molecule has 0 spiro atoms. The van der Waals surface area contributed by atoms with E-state index < -0.39 is 15.2 Å². The number of benzene rings is 1. The van der Waals surface area contributed by atoms with Gasteiger partial charge in [0.05, 0.1) is 11.4 Å². The number of anilines is 1. The number of aromatic nitrogens is 2. The molecule has 1 aromatic heterocycles. The van der Waals surface area contributed by atoms with Crippen molar-refractivity contribution in [2.75, 3.05) is 24.2 Å². The molecule has 0 amide bonds. The summed E-state index contributed by atoms with van der Waals surface area (Å²) in [6, 6.07) is 9.75. The van der Waals surface area contributed by atoms with Crippen molar-refractivity contribution in [1.29, 1.82) is 0 Å². The summed E-state index contributed by atoms with van der Waals surface area (Å²) in [7, 11) is -3.34. The first-order chi connectivity index (χ1) is 12.6. The maximum Gasteiger partial charge on any atom is 0.171 e. The molecule has 1 aliphatic rings. The van der Waals surface area contributed by atoms with E-state index in [9.17, 15) is 8.42 Å². The van der Waals surface area contributed by atoms with Gasteiger partial charge in [-0.25, -0.2) is 13.4 Å². The second-order valence-corrected chi connectivity index (χ2v) is 8.99. The van der Waals surface area contributed by atoms with Crippen molar-refractivity contribution in [3.05, 3.63) is 54.0 Å². The predicted octanol–water partition coefficient (Wildman–Crippen LogP) is 2.18. The molecule has 2 N–H and O–H groups in total. The van der Waals surface area contributed by atoms with Crippen LogP contribution in [-0.4, -0.2) is 42.6 Å². The van der Waals surface area contributed by atoms with Gasteiger partial charge in [-0.2, -0.15) is 0 Å². The molecule has 6 nitrogen and oxygen atoms in total. The third-order valence-corrected chi connectivity index (χ3v) is 6.93. The fraction of sp³-hybridized carbons (Fsp3) is 0.474. The largest absolute Gasteiger partial charge is 0.352 e. The molecule has 1 fully saturated rings. The highest BCUT2D eigenvalue weighted by molar-refractivity contribution is 7.92.